The summed E-state index contributed by atoms with van der Waals surface area (Å²) in [5.41, 5.74) is 1.67. The number of para-hydroxylation sites is 1. The molecule has 2 heterocycles. The van der Waals surface area contributed by atoms with Gasteiger partial charge in [-0.2, -0.15) is 0 Å². The monoisotopic (exact) mass is 454 g/mol. The van der Waals surface area contributed by atoms with Gasteiger partial charge in [0.25, 0.3) is 5.91 Å². The zero-order valence-electron chi connectivity index (χ0n) is 16.8. The third-order valence-corrected chi connectivity index (χ3v) is 6.29. The van der Waals surface area contributed by atoms with Gasteiger partial charge < -0.3 is 14.8 Å². The molecule has 6 nitrogen and oxygen atoms in total. The number of amides is 2. The van der Waals surface area contributed by atoms with Crippen LogP contribution in [-0.2, 0) is 9.59 Å². The molecule has 0 spiro atoms. The van der Waals surface area contributed by atoms with Crippen LogP contribution < -0.4 is 14.8 Å². The fourth-order valence-corrected chi connectivity index (χ4v) is 4.63. The van der Waals surface area contributed by atoms with Gasteiger partial charge in [-0.05, 0) is 48.7 Å². The minimum Gasteiger partial charge on any atom is -0.454 e. The summed E-state index contributed by atoms with van der Waals surface area (Å²) in [7, 11) is 0. The highest BCUT2D eigenvalue weighted by Gasteiger charge is 2.31. The third kappa shape index (κ3) is 5.45. The summed E-state index contributed by atoms with van der Waals surface area (Å²) in [5.74, 6) is 1.32. The lowest BCUT2D eigenvalue weighted by atomic mass is 10.1. The number of ether oxygens (including phenoxy) is 2. The molecule has 1 N–H and O–H groups in total. The molecule has 8 heteroatoms. The number of anilines is 1. The second kappa shape index (κ2) is 9.98. The van der Waals surface area contributed by atoms with E-state index in [1.807, 2.05) is 54.6 Å². The molecule has 2 aromatic rings. The minimum atomic E-state index is -0.0745. The van der Waals surface area contributed by atoms with Crippen LogP contribution in [0.25, 0.3) is 6.08 Å². The molecule has 2 aliphatic heterocycles. The number of fused-ring (bicyclic) bond motifs is 1. The van der Waals surface area contributed by atoms with Crippen molar-refractivity contribution in [1.29, 1.82) is 0 Å². The summed E-state index contributed by atoms with van der Waals surface area (Å²) < 4.78 is 11.3. The number of carbonyl (C=O) groups is 2. The van der Waals surface area contributed by atoms with Crippen molar-refractivity contribution in [1.82, 2.24) is 4.90 Å². The molecule has 1 saturated heterocycles. The molecule has 0 aliphatic carbocycles. The van der Waals surface area contributed by atoms with Crippen molar-refractivity contribution in [3.05, 3.63) is 59.0 Å². The van der Waals surface area contributed by atoms with Gasteiger partial charge in [-0.15, -0.1) is 0 Å². The van der Waals surface area contributed by atoms with Gasteiger partial charge in [0.15, 0.2) is 11.5 Å². The van der Waals surface area contributed by atoms with Crippen LogP contribution in [0.1, 0.15) is 31.2 Å². The predicted octanol–water partition coefficient (Wildman–Crippen LogP) is 4.82. The van der Waals surface area contributed by atoms with E-state index in [9.17, 15) is 9.59 Å². The van der Waals surface area contributed by atoms with Crippen molar-refractivity contribution in [2.75, 3.05) is 18.7 Å². The van der Waals surface area contributed by atoms with Gasteiger partial charge in [0.2, 0.25) is 12.7 Å². The first kappa shape index (κ1) is 21.4. The lowest BCUT2D eigenvalue weighted by Crippen LogP contribution is -2.29. The lowest BCUT2D eigenvalue weighted by Gasteiger charge is -2.14. The van der Waals surface area contributed by atoms with Crippen molar-refractivity contribution < 1.29 is 19.1 Å². The standard InChI is InChI=1S/C23H22N2O4S2/c26-21(24-17-7-3-1-4-8-17)9-5-2-6-12-25-22(27)20(31-23(25)30)14-16-10-11-18-19(13-16)29-15-28-18/h1,3-4,7-8,10-11,13-14H,2,5-6,9,12,15H2,(H,24,26). The van der Waals surface area contributed by atoms with E-state index in [1.54, 1.807) is 4.90 Å². The maximum Gasteiger partial charge on any atom is 0.266 e. The molecule has 0 atom stereocenters. The highest BCUT2D eigenvalue weighted by molar-refractivity contribution is 8.26. The predicted molar refractivity (Wildman–Crippen MR) is 126 cm³/mol. The molecular weight excluding hydrogens is 432 g/mol. The molecule has 0 radical (unpaired) electrons. The normalized spacial score (nSPS) is 16.3. The molecule has 0 unspecified atom stereocenters. The summed E-state index contributed by atoms with van der Waals surface area (Å²) in [4.78, 5) is 27.0. The number of hydrogen-bond acceptors (Lipinski definition) is 6. The first-order valence-electron chi connectivity index (χ1n) is 10.1. The van der Waals surface area contributed by atoms with Gasteiger partial charge in [0, 0.05) is 18.7 Å². The summed E-state index contributed by atoms with van der Waals surface area (Å²) >= 11 is 6.71. The average molecular weight is 455 g/mol. The van der Waals surface area contributed by atoms with Crippen LogP contribution in [0.4, 0.5) is 5.69 Å². The maximum atomic E-state index is 12.8. The zero-order chi connectivity index (χ0) is 21.6. The van der Waals surface area contributed by atoms with Crippen molar-refractivity contribution in [2.45, 2.75) is 25.7 Å². The van der Waals surface area contributed by atoms with E-state index < -0.39 is 0 Å². The Labute approximate surface area is 190 Å². The van der Waals surface area contributed by atoms with Crippen molar-refractivity contribution >= 4 is 51.9 Å². The van der Waals surface area contributed by atoms with Gasteiger partial charge >= 0.3 is 0 Å². The van der Waals surface area contributed by atoms with E-state index in [0.29, 0.717) is 33.7 Å². The van der Waals surface area contributed by atoms with E-state index in [-0.39, 0.29) is 18.6 Å². The van der Waals surface area contributed by atoms with Crippen LogP contribution in [-0.4, -0.2) is 34.4 Å². The SMILES string of the molecule is O=C(CCCCCN1C(=O)C(=Cc2ccc3c(c2)OCO3)SC1=S)Nc1ccccc1. The molecule has 0 aromatic heterocycles. The second-order valence-corrected chi connectivity index (χ2v) is 8.85. The third-order valence-electron chi connectivity index (χ3n) is 4.91. The number of nitrogens with one attached hydrogen (secondary N) is 1. The van der Waals surface area contributed by atoms with Crippen molar-refractivity contribution in [3.8, 4) is 11.5 Å². The Kier molecular flexibility index (Phi) is 6.89. The Morgan fingerprint density at radius 3 is 2.74 bits per heavy atom. The number of unbranched alkanes of at least 4 members (excludes halogenated alkanes) is 2. The fraction of sp³-hybridized carbons (Fsp3) is 0.261. The fourth-order valence-electron chi connectivity index (χ4n) is 3.32. The number of benzene rings is 2. The number of carbonyl (C=O) groups excluding carboxylic acids is 2. The second-order valence-electron chi connectivity index (χ2n) is 7.17. The molecule has 0 saturated carbocycles. The summed E-state index contributed by atoms with van der Waals surface area (Å²) in [6.45, 7) is 0.776. The highest BCUT2D eigenvalue weighted by Crippen LogP contribution is 2.36. The Morgan fingerprint density at radius 2 is 1.90 bits per heavy atom. The van der Waals surface area contributed by atoms with E-state index in [2.05, 4.69) is 5.32 Å². The largest absolute Gasteiger partial charge is 0.454 e. The first-order valence-corrected chi connectivity index (χ1v) is 11.3. The average Bonchev–Trinajstić information content (AvgIpc) is 3.33. The smallest absolute Gasteiger partial charge is 0.266 e. The number of rotatable bonds is 8. The molecule has 4 rings (SSSR count). The van der Waals surface area contributed by atoms with Crippen LogP contribution in [0.2, 0.25) is 0 Å². The summed E-state index contributed by atoms with van der Waals surface area (Å²) in [5, 5.41) is 2.88. The quantitative estimate of drug-likeness (QED) is 0.351. The maximum absolute atomic E-state index is 12.8. The van der Waals surface area contributed by atoms with E-state index in [1.165, 1.54) is 11.8 Å². The first-order chi connectivity index (χ1) is 15.1. The molecule has 160 valence electrons. The van der Waals surface area contributed by atoms with E-state index in [4.69, 9.17) is 21.7 Å². The van der Waals surface area contributed by atoms with Gasteiger partial charge in [0.1, 0.15) is 4.32 Å². The van der Waals surface area contributed by atoms with Crippen LogP contribution in [0.3, 0.4) is 0 Å². The number of thioether (sulfide) groups is 1. The Morgan fingerprint density at radius 1 is 1.10 bits per heavy atom. The minimum absolute atomic E-state index is 0.00321. The zero-order valence-corrected chi connectivity index (χ0v) is 18.5. The van der Waals surface area contributed by atoms with Crippen LogP contribution in [0.15, 0.2) is 53.4 Å². The number of nitrogens with zero attached hydrogens (tertiary/aromatic N) is 1. The molecule has 2 aliphatic rings. The van der Waals surface area contributed by atoms with Gasteiger partial charge in [-0.25, -0.2) is 0 Å². The molecule has 2 amide bonds. The van der Waals surface area contributed by atoms with Crippen LogP contribution in [0.5, 0.6) is 11.5 Å². The molecule has 1 fully saturated rings. The Hall–Kier alpha value is -2.84. The van der Waals surface area contributed by atoms with Gasteiger partial charge in [-0.1, -0.05) is 54.7 Å². The highest BCUT2D eigenvalue weighted by atomic mass is 32.2. The molecular formula is C23H22N2O4S2. The Bertz CT molecular complexity index is 1020. The Balaban J connectivity index is 1.23. The van der Waals surface area contributed by atoms with Crippen molar-refractivity contribution in [3.63, 3.8) is 0 Å². The van der Waals surface area contributed by atoms with Crippen LogP contribution in [0, 0.1) is 0 Å². The van der Waals surface area contributed by atoms with E-state index in [0.717, 1.165) is 30.5 Å². The van der Waals surface area contributed by atoms with E-state index >= 15 is 0 Å². The number of thiocarbonyl (C=S) groups is 1. The van der Waals surface area contributed by atoms with Gasteiger partial charge in [-0.3, -0.25) is 14.5 Å². The molecule has 0 bridgehead atoms. The molecule has 2 aromatic carbocycles. The lowest BCUT2D eigenvalue weighted by molar-refractivity contribution is -0.122. The molecule has 31 heavy (non-hydrogen) atoms. The van der Waals surface area contributed by atoms with Gasteiger partial charge in [0.05, 0.1) is 4.91 Å². The summed E-state index contributed by atoms with van der Waals surface area (Å²) in [6.07, 6.45) is 4.69. The van der Waals surface area contributed by atoms with Crippen LogP contribution >= 0.6 is 24.0 Å². The number of hydrogen-bond donors (Lipinski definition) is 1. The van der Waals surface area contributed by atoms with Crippen molar-refractivity contribution in [2.24, 2.45) is 0 Å². The summed E-state index contributed by atoms with van der Waals surface area (Å²) in [6, 6.07) is 15.0. The topological polar surface area (TPSA) is 67.9 Å².